The van der Waals surface area contributed by atoms with Crippen molar-refractivity contribution in [3.05, 3.63) is 77.6 Å². The number of hydrogen-bond acceptors (Lipinski definition) is 3. The van der Waals surface area contributed by atoms with Gasteiger partial charge in [0.1, 0.15) is 0 Å². The molecule has 3 N–H and O–H groups in total. The number of aromatic nitrogens is 1. The molecule has 1 atom stereocenters. The molecule has 20 heavy (non-hydrogen) atoms. The Kier molecular flexibility index (Phi) is 3.46. The highest BCUT2D eigenvalue weighted by Gasteiger charge is 2.16. The summed E-state index contributed by atoms with van der Waals surface area (Å²) in [5.74, 6) is 5.83. The molecule has 1 aromatic heterocycles. The summed E-state index contributed by atoms with van der Waals surface area (Å²) in [6.07, 6.45) is 3.70. The zero-order valence-corrected chi connectivity index (χ0v) is 11.4. The first kappa shape index (κ1) is 12.8. The Morgan fingerprint density at radius 3 is 2.60 bits per heavy atom. The average molecular weight is 263 g/mol. The summed E-state index contributed by atoms with van der Waals surface area (Å²) in [7, 11) is 0. The molecule has 0 bridgehead atoms. The van der Waals surface area contributed by atoms with Crippen molar-refractivity contribution < 1.29 is 0 Å². The number of hydrogen-bond donors (Lipinski definition) is 2. The Hall–Kier alpha value is -2.23. The highest BCUT2D eigenvalue weighted by Crippen LogP contribution is 2.29. The van der Waals surface area contributed by atoms with E-state index in [0.29, 0.717) is 0 Å². The Morgan fingerprint density at radius 2 is 1.80 bits per heavy atom. The SMILES string of the molecule is Cc1ccccc1C(NN)c1cccc2cnccc12. The molecule has 0 fully saturated rings. The highest BCUT2D eigenvalue weighted by molar-refractivity contribution is 5.85. The van der Waals surface area contributed by atoms with E-state index in [1.54, 1.807) is 0 Å². The van der Waals surface area contributed by atoms with Crippen LogP contribution in [0.4, 0.5) is 0 Å². The molecule has 0 aliphatic rings. The van der Waals surface area contributed by atoms with Crippen LogP contribution in [0.2, 0.25) is 0 Å². The van der Waals surface area contributed by atoms with Crippen LogP contribution in [0.15, 0.2) is 60.9 Å². The molecule has 2 aromatic carbocycles. The first-order valence-electron chi connectivity index (χ1n) is 6.65. The van der Waals surface area contributed by atoms with E-state index in [1.807, 2.05) is 36.7 Å². The van der Waals surface area contributed by atoms with Crippen LogP contribution in [0.25, 0.3) is 10.8 Å². The van der Waals surface area contributed by atoms with Crippen molar-refractivity contribution in [3.63, 3.8) is 0 Å². The van der Waals surface area contributed by atoms with Gasteiger partial charge < -0.3 is 0 Å². The second-order valence-electron chi connectivity index (χ2n) is 4.90. The molecule has 0 aliphatic carbocycles. The van der Waals surface area contributed by atoms with Gasteiger partial charge in [0.25, 0.3) is 0 Å². The molecular formula is C17H17N3. The zero-order chi connectivity index (χ0) is 13.9. The number of benzene rings is 2. The van der Waals surface area contributed by atoms with Gasteiger partial charge in [-0.15, -0.1) is 0 Å². The smallest absolute Gasteiger partial charge is 0.0718 e. The van der Waals surface area contributed by atoms with E-state index < -0.39 is 0 Å². The van der Waals surface area contributed by atoms with Gasteiger partial charge in [-0.3, -0.25) is 10.8 Å². The summed E-state index contributed by atoms with van der Waals surface area (Å²) in [6.45, 7) is 2.10. The normalized spacial score (nSPS) is 12.5. The van der Waals surface area contributed by atoms with Crippen LogP contribution >= 0.6 is 0 Å². The number of pyridine rings is 1. The van der Waals surface area contributed by atoms with Gasteiger partial charge in [-0.1, -0.05) is 42.5 Å². The maximum Gasteiger partial charge on any atom is 0.0718 e. The van der Waals surface area contributed by atoms with Crippen molar-refractivity contribution in [1.29, 1.82) is 0 Å². The molecule has 3 aromatic rings. The lowest BCUT2D eigenvalue weighted by Crippen LogP contribution is -2.29. The van der Waals surface area contributed by atoms with Gasteiger partial charge in [-0.05, 0) is 35.1 Å². The van der Waals surface area contributed by atoms with Crippen molar-refractivity contribution in [1.82, 2.24) is 10.4 Å². The highest BCUT2D eigenvalue weighted by atomic mass is 15.2. The summed E-state index contributed by atoms with van der Waals surface area (Å²) < 4.78 is 0. The van der Waals surface area contributed by atoms with Crippen LogP contribution in [0.3, 0.4) is 0 Å². The molecule has 1 unspecified atom stereocenters. The lowest BCUT2D eigenvalue weighted by molar-refractivity contribution is 0.638. The third-order valence-electron chi connectivity index (χ3n) is 3.69. The summed E-state index contributed by atoms with van der Waals surface area (Å²) in [5.41, 5.74) is 6.53. The molecule has 1 heterocycles. The van der Waals surface area contributed by atoms with Crippen molar-refractivity contribution in [2.75, 3.05) is 0 Å². The predicted octanol–water partition coefficient (Wildman–Crippen LogP) is 3.10. The van der Waals surface area contributed by atoms with Gasteiger partial charge in [-0.2, -0.15) is 0 Å². The fraction of sp³-hybridized carbons (Fsp3) is 0.118. The number of nitrogens with zero attached hydrogens (tertiary/aromatic N) is 1. The van der Waals surface area contributed by atoms with Gasteiger partial charge in [0.2, 0.25) is 0 Å². The molecule has 3 rings (SSSR count). The third kappa shape index (κ3) is 2.18. The lowest BCUT2D eigenvalue weighted by Gasteiger charge is -2.20. The third-order valence-corrected chi connectivity index (χ3v) is 3.69. The Bertz CT molecular complexity index is 732. The van der Waals surface area contributed by atoms with Gasteiger partial charge in [0.15, 0.2) is 0 Å². The lowest BCUT2D eigenvalue weighted by atomic mass is 9.92. The largest absolute Gasteiger partial charge is 0.271 e. The number of fused-ring (bicyclic) bond motifs is 1. The molecule has 0 amide bonds. The van der Waals surface area contributed by atoms with Crippen LogP contribution in [-0.2, 0) is 0 Å². The zero-order valence-electron chi connectivity index (χ0n) is 11.4. The Morgan fingerprint density at radius 1 is 1.00 bits per heavy atom. The minimum atomic E-state index is -0.0256. The van der Waals surface area contributed by atoms with E-state index in [4.69, 9.17) is 5.84 Å². The van der Waals surface area contributed by atoms with Crippen LogP contribution < -0.4 is 11.3 Å². The van der Waals surface area contributed by atoms with E-state index in [0.717, 1.165) is 5.39 Å². The Balaban J connectivity index is 2.20. The maximum atomic E-state index is 5.83. The van der Waals surface area contributed by atoms with Crippen LogP contribution in [0.1, 0.15) is 22.7 Å². The minimum absolute atomic E-state index is 0.0256. The molecule has 0 saturated heterocycles. The van der Waals surface area contributed by atoms with Crippen molar-refractivity contribution >= 4 is 10.8 Å². The maximum absolute atomic E-state index is 5.83. The standard InChI is InChI=1S/C17H17N3/c1-12-5-2-3-7-14(12)17(20-18)16-8-4-6-13-11-19-10-9-15(13)16/h2-11,17,20H,18H2,1H3. The minimum Gasteiger partial charge on any atom is -0.271 e. The van der Waals surface area contributed by atoms with E-state index in [1.165, 1.54) is 22.1 Å². The van der Waals surface area contributed by atoms with Crippen molar-refractivity contribution in [2.24, 2.45) is 5.84 Å². The summed E-state index contributed by atoms with van der Waals surface area (Å²) in [4.78, 5) is 4.18. The van der Waals surface area contributed by atoms with Gasteiger partial charge >= 0.3 is 0 Å². The molecule has 0 spiro atoms. The number of rotatable bonds is 3. The van der Waals surface area contributed by atoms with Gasteiger partial charge in [-0.25, -0.2) is 5.43 Å². The molecule has 3 nitrogen and oxygen atoms in total. The van der Waals surface area contributed by atoms with Crippen LogP contribution in [-0.4, -0.2) is 4.98 Å². The van der Waals surface area contributed by atoms with E-state index in [9.17, 15) is 0 Å². The predicted molar refractivity (Wildman–Crippen MR) is 82.1 cm³/mol. The van der Waals surface area contributed by atoms with E-state index >= 15 is 0 Å². The van der Waals surface area contributed by atoms with Crippen LogP contribution in [0.5, 0.6) is 0 Å². The quantitative estimate of drug-likeness (QED) is 0.564. The van der Waals surface area contributed by atoms with Crippen LogP contribution in [0, 0.1) is 6.92 Å². The molecular weight excluding hydrogens is 246 g/mol. The Labute approximate surface area is 118 Å². The van der Waals surface area contributed by atoms with Gasteiger partial charge in [0, 0.05) is 17.8 Å². The van der Waals surface area contributed by atoms with Crippen molar-refractivity contribution in [2.45, 2.75) is 13.0 Å². The monoisotopic (exact) mass is 263 g/mol. The first-order chi connectivity index (χ1) is 9.81. The van der Waals surface area contributed by atoms with E-state index in [-0.39, 0.29) is 6.04 Å². The summed E-state index contributed by atoms with van der Waals surface area (Å²) >= 11 is 0. The number of aryl methyl sites for hydroxylation is 1. The second kappa shape index (κ2) is 5.41. The summed E-state index contributed by atoms with van der Waals surface area (Å²) in [6, 6.07) is 16.5. The molecule has 0 aliphatic heterocycles. The fourth-order valence-corrected chi connectivity index (χ4v) is 2.66. The second-order valence-corrected chi connectivity index (χ2v) is 4.90. The topological polar surface area (TPSA) is 50.9 Å². The van der Waals surface area contributed by atoms with E-state index in [2.05, 4.69) is 41.6 Å². The average Bonchev–Trinajstić information content (AvgIpc) is 2.50. The van der Waals surface area contributed by atoms with Crippen molar-refractivity contribution in [3.8, 4) is 0 Å². The molecule has 0 radical (unpaired) electrons. The molecule has 3 heteroatoms. The molecule has 100 valence electrons. The number of nitrogens with two attached hydrogens (primary N) is 1. The first-order valence-corrected chi connectivity index (χ1v) is 6.65. The summed E-state index contributed by atoms with van der Waals surface area (Å²) in [5, 5.41) is 2.30. The fourth-order valence-electron chi connectivity index (χ4n) is 2.66. The molecule has 0 saturated carbocycles. The number of hydrazine groups is 1. The number of nitrogens with one attached hydrogen (secondary N) is 1. The van der Waals surface area contributed by atoms with Gasteiger partial charge in [0.05, 0.1) is 6.04 Å².